The minimum Gasteiger partial charge on any atom is -0.491 e. The molecule has 9 heteroatoms. The van der Waals surface area contributed by atoms with Gasteiger partial charge in [0, 0.05) is 54.1 Å². The summed E-state index contributed by atoms with van der Waals surface area (Å²) in [6, 6.07) is 11.1. The van der Waals surface area contributed by atoms with E-state index in [1.165, 1.54) is 11.8 Å². The SMILES string of the molecule is CC(C)Oc1ccc2ncc(-c3cc4n(n3)CCC43CCN(C(=O)NC(C)c4cncc(F)c4)C3)cc2c1. The molecule has 196 valence electrons. The molecule has 1 N–H and O–H groups in total. The number of nitrogens with one attached hydrogen (secondary N) is 1. The first-order valence-corrected chi connectivity index (χ1v) is 13.1. The van der Waals surface area contributed by atoms with E-state index >= 15 is 0 Å². The summed E-state index contributed by atoms with van der Waals surface area (Å²) in [6.07, 6.45) is 6.54. The molecule has 2 atom stereocenters. The number of carbonyl (C=O) groups excluding carboxylic acids is 1. The lowest BCUT2D eigenvalue weighted by Gasteiger charge is -2.25. The summed E-state index contributed by atoms with van der Waals surface area (Å²) in [5.41, 5.74) is 4.45. The van der Waals surface area contributed by atoms with Crippen LogP contribution in [0.1, 0.15) is 50.9 Å². The lowest BCUT2D eigenvalue weighted by Crippen LogP contribution is -2.41. The summed E-state index contributed by atoms with van der Waals surface area (Å²) in [7, 11) is 0. The molecule has 0 saturated carbocycles. The fraction of sp³-hybridized carbons (Fsp3) is 0.379. The highest BCUT2D eigenvalue weighted by molar-refractivity contribution is 5.84. The molecule has 3 aromatic heterocycles. The molecule has 1 fully saturated rings. The Kier molecular flexibility index (Phi) is 6.01. The van der Waals surface area contributed by atoms with Crippen LogP contribution in [0.2, 0.25) is 0 Å². The number of halogens is 1. The number of ether oxygens (including phenoxy) is 1. The van der Waals surface area contributed by atoms with Gasteiger partial charge in [0.05, 0.1) is 29.6 Å². The zero-order chi connectivity index (χ0) is 26.4. The topological polar surface area (TPSA) is 85.2 Å². The largest absolute Gasteiger partial charge is 0.491 e. The van der Waals surface area contributed by atoms with Gasteiger partial charge in [-0.25, -0.2) is 9.18 Å². The van der Waals surface area contributed by atoms with Crippen molar-refractivity contribution in [3.8, 4) is 17.0 Å². The van der Waals surface area contributed by atoms with Crippen molar-refractivity contribution in [3.05, 3.63) is 72.1 Å². The smallest absolute Gasteiger partial charge is 0.317 e. The lowest BCUT2D eigenvalue weighted by molar-refractivity contribution is 0.202. The van der Waals surface area contributed by atoms with Gasteiger partial charge >= 0.3 is 6.03 Å². The van der Waals surface area contributed by atoms with Crippen molar-refractivity contribution in [2.24, 2.45) is 0 Å². The number of aryl methyl sites for hydroxylation is 1. The zero-order valence-corrected chi connectivity index (χ0v) is 21.8. The second-order valence-electron chi connectivity index (χ2n) is 10.7. The third-order valence-corrected chi connectivity index (χ3v) is 7.65. The molecule has 2 aliphatic heterocycles. The molecule has 5 heterocycles. The van der Waals surface area contributed by atoms with Gasteiger partial charge in [-0.3, -0.25) is 14.6 Å². The number of urea groups is 1. The van der Waals surface area contributed by atoms with Gasteiger partial charge in [0.25, 0.3) is 0 Å². The second kappa shape index (κ2) is 9.38. The molecular formula is C29H31FN6O2. The Balaban J connectivity index is 1.20. The molecular weight excluding hydrogens is 483 g/mol. The van der Waals surface area contributed by atoms with Crippen LogP contribution < -0.4 is 10.1 Å². The Bertz CT molecular complexity index is 1520. The van der Waals surface area contributed by atoms with E-state index in [0.717, 1.165) is 53.5 Å². The third kappa shape index (κ3) is 4.46. The van der Waals surface area contributed by atoms with Crippen LogP contribution in [-0.2, 0) is 12.0 Å². The predicted octanol–water partition coefficient (Wildman–Crippen LogP) is 5.24. The molecule has 1 spiro atoms. The summed E-state index contributed by atoms with van der Waals surface area (Å²) in [5, 5.41) is 8.92. The van der Waals surface area contributed by atoms with Crippen molar-refractivity contribution in [3.63, 3.8) is 0 Å². The standard InChI is InChI=1S/C29H31FN6O2/c1-18(2)38-24-4-5-25-20(12-24)10-22(15-32-25)26-13-27-29(7-9-36(27)34-26)6-8-35(17-29)28(37)33-19(3)21-11-23(30)16-31-14-21/h4-5,10-16,18-19H,6-9,17H2,1-3H3,(H,33,37). The average Bonchev–Trinajstić information content (AvgIpc) is 3.60. The van der Waals surface area contributed by atoms with Gasteiger partial charge in [0.1, 0.15) is 11.6 Å². The van der Waals surface area contributed by atoms with Gasteiger partial charge in [0.2, 0.25) is 0 Å². The fourth-order valence-electron chi connectivity index (χ4n) is 5.68. The number of aromatic nitrogens is 4. The van der Waals surface area contributed by atoms with E-state index in [1.54, 1.807) is 6.20 Å². The maximum absolute atomic E-state index is 13.6. The maximum Gasteiger partial charge on any atom is 0.317 e. The van der Waals surface area contributed by atoms with Crippen molar-refractivity contribution in [2.75, 3.05) is 13.1 Å². The van der Waals surface area contributed by atoms with Gasteiger partial charge in [-0.05, 0) is 75.6 Å². The normalized spacial score (nSPS) is 19.3. The molecule has 0 aliphatic carbocycles. The van der Waals surface area contributed by atoms with Gasteiger partial charge < -0.3 is 15.0 Å². The molecule has 6 rings (SSSR count). The fourth-order valence-corrected chi connectivity index (χ4v) is 5.68. The Morgan fingerprint density at radius 1 is 1.08 bits per heavy atom. The van der Waals surface area contributed by atoms with Crippen LogP contribution in [-0.4, -0.2) is 49.9 Å². The first-order valence-electron chi connectivity index (χ1n) is 13.1. The van der Waals surface area contributed by atoms with E-state index < -0.39 is 5.82 Å². The molecule has 0 radical (unpaired) electrons. The van der Waals surface area contributed by atoms with E-state index in [0.29, 0.717) is 18.7 Å². The van der Waals surface area contributed by atoms with E-state index in [2.05, 4.69) is 32.1 Å². The third-order valence-electron chi connectivity index (χ3n) is 7.65. The molecule has 1 saturated heterocycles. The number of nitrogens with zero attached hydrogens (tertiary/aromatic N) is 5. The van der Waals surface area contributed by atoms with E-state index in [1.807, 2.05) is 50.1 Å². The van der Waals surface area contributed by atoms with Crippen molar-refractivity contribution in [1.82, 2.24) is 30.0 Å². The van der Waals surface area contributed by atoms with Crippen LogP contribution in [0.3, 0.4) is 0 Å². The Labute approximate surface area is 220 Å². The molecule has 2 unspecified atom stereocenters. The quantitative estimate of drug-likeness (QED) is 0.394. The Morgan fingerprint density at radius 2 is 1.92 bits per heavy atom. The molecule has 2 aliphatic rings. The number of fused-ring (bicyclic) bond motifs is 3. The van der Waals surface area contributed by atoms with Crippen molar-refractivity contribution in [1.29, 1.82) is 0 Å². The number of likely N-dealkylation sites (tertiary alicyclic amines) is 1. The zero-order valence-electron chi connectivity index (χ0n) is 21.8. The molecule has 38 heavy (non-hydrogen) atoms. The molecule has 2 amide bonds. The van der Waals surface area contributed by atoms with Gasteiger partial charge in [-0.1, -0.05) is 0 Å². The highest BCUT2D eigenvalue weighted by atomic mass is 19.1. The molecule has 4 aromatic rings. The summed E-state index contributed by atoms with van der Waals surface area (Å²) in [6.45, 7) is 7.98. The Hall–Kier alpha value is -4.01. The number of hydrogen-bond donors (Lipinski definition) is 1. The maximum atomic E-state index is 13.6. The minimum absolute atomic E-state index is 0.102. The average molecular weight is 515 g/mol. The second-order valence-corrected chi connectivity index (χ2v) is 10.7. The van der Waals surface area contributed by atoms with Crippen molar-refractivity contribution < 1.29 is 13.9 Å². The van der Waals surface area contributed by atoms with E-state index in [4.69, 9.17) is 9.84 Å². The van der Waals surface area contributed by atoms with Crippen molar-refractivity contribution >= 4 is 16.9 Å². The first kappa shape index (κ1) is 24.3. The van der Waals surface area contributed by atoms with Crippen LogP contribution in [0.15, 0.2) is 55.0 Å². The molecule has 1 aromatic carbocycles. The number of amides is 2. The number of pyridine rings is 2. The summed E-state index contributed by atoms with van der Waals surface area (Å²) >= 11 is 0. The van der Waals surface area contributed by atoms with Gasteiger partial charge in [-0.2, -0.15) is 5.10 Å². The van der Waals surface area contributed by atoms with Crippen molar-refractivity contribution in [2.45, 2.75) is 57.7 Å². The summed E-state index contributed by atoms with van der Waals surface area (Å²) < 4.78 is 21.5. The van der Waals surface area contributed by atoms with E-state index in [-0.39, 0.29) is 23.6 Å². The van der Waals surface area contributed by atoms with E-state index in [9.17, 15) is 9.18 Å². The monoisotopic (exact) mass is 514 g/mol. The number of hydrogen-bond acceptors (Lipinski definition) is 5. The first-order chi connectivity index (χ1) is 18.3. The van der Waals surface area contributed by atoms with Crippen LogP contribution in [0.25, 0.3) is 22.2 Å². The predicted molar refractivity (Wildman–Crippen MR) is 142 cm³/mol. The minimum atomic E-state index is -0.412. The van der Waals surface area contributed by atoms with Crippen LogP contribution in [0.5, 0.6) is 5.75 Å². The number of carbonyl (C=O) groups is 1. The Morgan fingerprint density at radius 3 is 2.74 bits per heavy atom. The number of rotatable bonds is 5. The van der Waals surface area contributed by atoms with Crippen LogP contribution >= 0.6 is 0 Å². The molecule has 0 bridgehead atoms. The molecule has 8 nitrogen and oxygen atoms in total. The van der Waals surface area contributed by atoms with Crippen LogP contribution in [0.4, 0.5) is 9.18 Å². The summed E-state index contributed by atoms with van der Waals surface area (Å²) in [4.78, 5) is 23.5. The van der Waals surface area contributed by atoms with Gasteiger partial charge in [-0.15, -0.1) is 0 Å². The lowest BCUT2D eigenvalue weighted by atomic mass is 9.82. The highest BCUT2D eigenvalue weighted by Gasteiger charge is 2.47. The van der Waals surface area contributed by atoms with Crippen LogP contribution in [0, 0.1) is 5.82 Å². The summed E-state index contributed by atoms with van der Waals surface area (Å²) in [5.74, 6) is 0.412. The number of benzene rings is 1. The highest BCUT2D eigenvalue weighted by Crippen LogP contribution is 2.44. The van der Waals surface area contributed by atoms with Gasteiger partial charge in [0.15, 0.2) is 0 Å².